The fourth-order valence-electron chi connectivity index (χ4n) is 3.54. The van der Waals surface area contributed by atoms with Gasteiger partial charge in [-0.15, -0.1) is 0 Å². The average Bonchev–Trinajstić information content (AvgIpc) is 3.02. The molecule has 1 N–H and O–H groups in total. The first-order valence-electron chi connectivity index (χ1n) is 10.2. The van der Waals surface area contributed by atoms with Crippen LogP contribution in [-0.4, -0.2) is 29.9 Å². The largest absolute Gasteiger partial charge is 0.393 e. The second-order valence-electron chi connectivity index (χ2n) is 7.65. The molecule has 0 bridgehead atoms. The van der Waals surface area contributed by atoms with Crippen molar-refractivity contribution in [3.8, 4) is 0 Å². The highest BCUT2D eigenvalue weighted by Gasteiger charge is 2.14. The Balaban J connectivity index is 1.70. The van der Waals surface area contributed by atoms with Crippen LogP contribution in [0.4, 0.5) is 0 Å². The molecule has 27 heavy (non-hydrogen) atoms. The van der Waals surface area contributed by atoms with Gasteiger partial charge in [0.2, 0.25) is 0 Å². The van der Waals surface area contributed by atoms with E-state index in [0.717, 1.165) is 32.1 Å². The van der Waals surface area contributed by atoms with Gasteiger partial charge in [-0.05, 0) is 19.8 Å². The van der Waals surface area contributed by atoms with Gasteiger partial charge in [0.15, 0.2) is 11.2 Å². The molecule has 1 atom stereocenters. The van der Waals surface area contributed by atoms with E-state index in [1.165, 1.54) is 41.2 Å². The van der Waals surface area contributed by atoms with Crippen molar-refractivity contribution in [1.29, 1.82) is 0 Å². The monoisotopic (exact) mass is 378 g/mol. The molecule has 0 aromatic carbocycles. The Morgan fingerprint density at radius 2 is 1.52 bits per heavy atom. The fourth-order valence-corrected chi connectivity index (χ4v) is 3.54. The maximum absolute atomic E-state index is 12.6. The number of aromatic nitrogens is 4. The summed E-state index contributed by atoms with van der Waals surface area (Å²) in [5.74, 6) is 0. The van der Waals surface area contributed by atoms with Crippen molar-refractivity contribution >= 4 is 11.2 Å². The Morgan fingerprint density at radius 3 is 2.11 bits per heavy atom. The summed E-state index contributed by atoms with van der Waals surface area (Å²) in [5, 5.41) is 9.22. The van der Waals surface area contributed by atoms with Gasteiger partial charge in [-0.2, -0.15) is 0 Å². The Bertz CT molecular complexity index is 832. The van der Waals surface area contributed by atoms with Crippen LogP contribution in [0.1, 0.15) is 71.1 Å². The molecule has 0 aliphatic rings. The number of hydrogen-bond acceptors (Lipinski definition) is 4. The van der Waals surface area contributed by atoms with E-state index >= 15 is 0 Å². The Kier molecular flexibility index (Phi) is 8.28. The lowest BCUT2D eigenvalue weighted by atomic mass is 10.1. The summed E-state index contributed by atoms with van der Waals surface area (Å²) in [5.41, 5.74) is 0.388. The summed E-state index contributed by atoms with van der Waals surface area (Å²) in [6, 6.07) is 0. The second kappa shape index (κ2) is 10.4. The lowest BCUT2D eigenvalue weighted by Crippen LogP contribution is -2.39. The molecular formula is C20H34N4O3. The van der Waals surface area contributed by atoms with Gasteiger partial charge in [0, 0.05) is 20.6 Å². The lowest BCUT2D eigenvalue weighted by molar-refractivity contribution is 0.180. The van der Waals surface area contributed by atoms with E-state index in [2.05, 4.69) is 4.98 Å². The molecule has 0 amide bonds. The molecule has 0 aliphatic heterocycles. The van der Waals surface area contributed by atoms with Crippen LogP contribution in [0.5, 0.6) is 0 Å². The number of aryl methyl sites for hydroxylation is 2. The molecule has 2 rings (SSSR count). The molecule has 0 spiro atoms. The molecule has 0 radical (unpaired) electrons. The van der Waals surface area contributed by atoms with Crippen LogP contribution in [0, 0.1) is 0 Å². The molecule has 0 saturated heterocycles. The van der Waals surface area contributed by atoms with Crippen LogP contribution in [0.2, 0.25) is 0 Å². The van der Waals surface area contributed by atoms with Crippen molar-refractivity contribution in [3.05, 3.63) is 27.2 Å². The van der Waals surface area contributed by atoms with Crippen LogP contribution in [0.15, 0.2) is 15.9 Å². The van der Waals surface area contributed by atoms with E-state index in [1.54, 1.807) is 25.0 Å². The van der Waals surface area contributed by atoms with E-state index in [9.17, 15) is 14.7 Å². The van der Waals surface area contributed by atoms with Crippen molar-refractivity contribution in [2.75, 3.05) is 0 Å². The van der Waals surface area contributed by atoms with Gasteiger partial charge in [0.25, 0.3) is 5.56 Å². The number of fused-ring (bicyclic) bond motifs is 1. The van der Waals surface area contributed by atoms with Gasteiger partial charge < -0.3 is 9.67 Å². The van der Waals surface area contributed by atoms with E-state index in [-0.39, 0.29) is 17.4 Å². The van der Waals surface area contributed by atoms with Crippen molar-refractivity contribution in [2.45, 2.75) is 83.8 Å². The third kappa shape index (κ3) is 5.79. The lowest BCUT2D eigenvalue weighted by Gasteiger charge is -2.08. The van der Waals surface area contributed by atoms with Crippen molar-refractivity contribution < 1.29 is 5.11 Å². The fraction of sp³-hybridized carbons (Fsp3) is 0.750. The number of hydrogen-bond donors (Lipinski definition) is 1. The molecule has 0 saturated carbocycles. The summed E-state index contributed by atoms with van der Waals surface area (Å²) >= 11 is 0. The SMILES string of the molecule is CC(O)CCCCCCCCCCCn1c(=O)c2c(ncn2C)n(C)c1=O. The maximum atomic E-state index is 12.6. The summed E-state index contributed by atoms with van der Waals surface area (Å²) < 4.78 is 4.47. The second-order valence-corrected chi connectivity index (χ2v) is 7.65. The quantitative estimate of drug-likeness (QED) is 0.576. The zero-order valence-corrected chi connectivity index (χ0v) is 17.0. The van der Waals surface area contributed by atoms with E-state index in [1.807, 2.05) is 6.92 Å². The van der Waals surface area contributed by atoms with Gasteiger partial charge in [-0.1, -0.05) is 51.4 Å². The molecule has 1 unspecified atom stereocenters. The van der Waals surface area contributed by atoms with Crippen molar-refractivity contribution in [3.63, 3.8) is 0 Å². The number of aliphatic hydroxyl groups excluding tert-OH is 1. The Labute approximate surface area is 160 Å². The predicted octanol–water partition coefficient (Wildman–Crippen LogP) is 2.72. The first kappa shape index (κ1) is 21.4. The number of aliphatic hydroxyl groups is 1. The zero-order valence-electron chi connectivity index (χ0n) is 17.0. The van der Waals surface area contributed by atoms with Crippen LogP contribution < -0.4 is 11.2 Å². The molecule has 7 heteroatoms. The first-order chi connectivity index (χ1) is 12.9. The topological polar surface area (TPSA) is 82.1 Å². The molecule has 2 aromatic heterocycles. The van der Waals surface area contributed by atoms with Gasteiger partial charge in [-0.3, -0.25) is 13.9 Å². The molecule has 7 nitrogen and oxygen atoms in total. The molecule has 2 aromatic rings. The third-order valence-corrected chi connectivity index (χ3v) is 5.20. The minimum Gasteiger partial charge on any atom is -0.393 e. The van der Waals surface area contributed by atoms with Crippen LogP contribution >= 0.6 is 0 Å². The van der Waals surface area contributed by atoms with E-state index < -0.39 is 0 Å². The summed E-state index contributed by atoms with van der Waals surface area (Å²) in [4.78, 5) is 29.1. The van der Waals surface area contributed by atoms with Gasteiger partial charge in [0.05, 0.1) is 12.4 Å². The molecule has 2 heterocycles. The highest BCUT2D eigenvalue weighted by Crippen LogP contribution is 2.11. The summed E-state index contributed by atoms with van der Waals surface area (Å²) in [6.45, 7) is 2.31. The average molecular weight is 379 g/mol. The van der Waals surface area contributed by atoms with Gasteiger partial charge >= 0.3 is 5.69 Å². The minimum atomic E-state index is -0.289. The van der Waals surface area contributed by atoms with Gasteiger partial charge in [-0.25, -0.2) is 9.78 Å². The van der Waals surface area contributed by atoms with Crippen LogP contribution in [-0.2, 0) is 20.6 Å². The molecule has 0 fully saturated rings. The summed E-state index contributed by atoms with van der Waals surface area (Å²) in [6.07, 6.45) is 12.5. The highest BCUT2D eigenvalue weighted by molar-refractivity contribution is 5.69. The number of rotatable bonds is 12. The molecule has 0 aliphatic carbocycles. The third-order valence-electron chi connectivity index (χ3n) is 5.20. The minimum absolute atomic E-state index is 0.173. The standard InChI is InChI=1S/C20H34N4O3/c1-16(25)13-11-9-7-5-4-6-8-10-12-14-24-19(26)17-18(21-15-22(17)2)23(3)20(24)27/h15-16,25H,4-14H2,1-3H3. The maximum Gasteiger partial charge on any atom is 0.332 e. The molecule has 152 valence electrons. The normalized spacial score (nSPS) is 12.7. The van der Waals surface area contributed by atoms with Crippen molar-refractivity contribution in [2.24, 2.45) is 14.1 Å². The first-order valence-corrected chi connectivity index (χ1v) is 10.2. The Hall–Kier alpha value is -1.89. The Morgan fingerprint density at radius 1 is 0.963 bits per heavy atom. The highest BCUT2D eigenvalue weighted by atomic mass is 16.3. The number of imidazole rings is 1. The van der Waals surface area contributed by atoms with E-state index in [0.29, 0.717) is 17.7 Å². The van der Waals surface area contributed by atoms with Crippen LogP contribution in [0.25, 0.3) is 11.2 Å². The van der Waals surface area contributed by atoms with Crippen LogP contribution in [0.3, 0.4) is 0 Å². The van der Waals surface area contributed by atoms with Gasteiger partial charge in [0.1, 0.15) is 0 Å². The molecular weight excluding hydrogens is 344 g/mol. The summed E-state index contributed by atoms with van der Waals surface area (Å²) in [7, 11) is 3.44. The van der Waals surface area contributed by atoms with Crippen molar-refractivity contribution in [1.82, 2.24) is 18.7 Å². The number of unbranched alkanes of at least 4 members (excludes halogenated alkanes) is 8. The number of nitrogens with zero attached hydrogens (tertiary/aromatic N) is 4. The predicted molar refractivity (Wildman–Crippen MR) is 108 cm³/mol. The smallest absolute Gasteiger partial charge is 0.332 e. The zero-order chi connectivity index (χ0) is 19.8. The van der Waals surface area contributed by atoms with E-state index in [4.69, 9.17) is 0 Å².